The summed E-state index contributed by atoms with van der Waals surface area (Å²) in [6.07, 6.45) is 0. The van der Waals surface area contributed by atoms with Gasteiger partial charge in [0.2, 0.25) is 0 Å². The maximum absolute atomic E-state index is 12.8. The number of carbonyl (C=O) groups excluding carboxylic acids is 1. The van der Waals surface area contributed by atoms with Crippen molar-refractivity contribution in [3.05, 3.63) is 71.2 Å². The first-order chi connectivity index (χ1) is 16.1. The van der Waals surface area contributed by atoms with Crippen molar-refractivity contribution in [3.8, 4) is 11.5 Å². The first-order valence-corrected chi connectivity index (χ1v) is 11.0. The number of amides is 1. The molecule has 1 aliphatic heterocycles. The minimum atomic E-state index is -0.302. The van der Waals surface area contributed by atoms with Gasteiger partial charge in [-0.2, -0.15) is 0 Å². The maximum atomic E-state index is 12.8. The Morgan fingerprint density at radius 1 is 0.939 bits per heavy atom. The van der Waals surface area contributed by atoms with Crippen LogP contribution in [0.15, 0.2) is 60.7 Å². The van der Waals surface area contributed by atoms with Gasteiger partial charge in [0.1, 0.15) is 0 Å². The van der Waals surface area contributed by atoms with Gasteiger partial charge < -0.3 is 29.7 Å². The standard InChI is InChI=1S/C25H26ClN3O4/c1-31-23-9-6-17(14-24(23)32-2)25(30)28-22-16-19(7-8-21(22)26)27-18-4-3-5-20(15-18)29-10-12-33-13-11-29/h3-9,14-16,27H,10-13H2,1-2H3,(H,28,30). The monoisotopic (exact) mass is 467 g/mol. The van der Waals surface area contributed by atoms with E-state index < -0.39 is 0 Å². The smallest absolute Gasteiger partial charge is 0.255 e. The summed E-state index contributed by atoms with van der Waals surface area (Å²) >= 11 is 6.36. The molecule has 3 aromatic rings. The summed E-state index contributed by atoms with van der Waals surface area (Å²) in [5.74, 6) is 0.730. The number of halogens is 1. The van der Waals surface area contributed by atoms with Crippen LogP contribution in [-0.4, -0.2) is 46.4 Å². The number of carbonyl (C=O) groups is 1. The maximum Gasteiger partial charge on any atom is 0.255 e. The molecular formula is C25H26ClN3O4. The molecule has 2 N–H and O–H groups in total. The molecule has 0 saturated carbocycles. The molecule has 1 amide bonds. The molecule has 1 fully saturated rings. The van der Waals surface area contributed by atoms with Crippen LogP contribution in [0.3, 0.4) is 0 Å². The molecule has 7 nitrogen and oxygen atoms in total. The van der Waals surface area contributed by atoms with E-state index in [1.54, 1.807) is 31.4 Å². The van der Waals surface area contributed by atoms with E-state index in [4.69, 9.17) is 25.8 Å². The van der Waals surface area contributed by atoms with Crippen LogP contribution in [0.5, 0.6) is 11.5 Å². The van der Waals surface area contributed by atoms with Gasteiger partial charge in [-0.3, -0.25) is 4.79 Å². The van der Waals surface area contributed by atoms with Crippen molar-refractivity contribution in [3.63, 3.8) is 0 Å². The Labute approximate surface area is 198 Å². The highest BCUT2D eigenvalue weighted by molar-refractivity contribution is 6.34. The Bertz CT molecular complexity index is 1130. The number of morpholine rings is 1. The van der Waals surface area contributed by atoms with Crippen molar-refractivity contribution in [2.45, 2.75) is 0 Å². The first-order valence-electron chi connectivity index (χ1n) is 10.6. The normalized spacial score (nSPS) is 13.4. The summed E-state index contributed by atoms with van der Waals surface area (Å²) in [6, 6.07) is 18.6. The van der Waals surface area contributed by atoms with Crippen LogP contribution in [0, 0.1) is 0 Å². The van der Waals surface area contributed by atoms with Crippen LogP contribution >= 0.6 is 11.6 Å². The summed E-state index contributed by atoms with van der Waals surface area (Å²) in [5.41, 5.74) is 3.82. The molecule has 0 bridgehead atoms. The Balaban J connectivity index is 1.50. The fourth-order valence-corrected chi connectivity index (χ4v) is 3.80. The van der Waals surface area contributed by atoms with Gasteiger partial charge in [0.25, 0.3) is 5.91 Å². The number of methoxy groups -OCH3 is 2. The molecule has 172 valence electrons. The van der Waals surface area contributed by atoms with Crippen LogP contribution in [0.2, 0.25) is 5.02 Å². The summed E-state index contributed by atoms with van der Waals surface area (Å²) in [5, 5.41) is 6.71. The summed E-state index contributed by atoms with van der Waals surface area (Å²) < 4.78 is 16.0. The van der Waals surface area contributed by atoms with Crippen LogP contribution in [-0.2, 0) is 4.74 Å². The SMILES string of the molecule is COc1ccc(C(=O)Nc2cc(Nc3cccc(N4CCOCC4)c3)ccc2Cl)cc1OC. The van der Waals surface area contributed by atoms with Gasteiger partial charge in [-0.1, -0.05) is 17.7 Å². The zero-order valence-corrected chi connectivity index (χ0v) is 19.3. The van der Waals surface area contributed by atoms with Gasteiger partial charge in [0.05, 0.1) is 38.1 Å². The average Bonchev–Trinajstić information content (AvgIpc) is 2.86. The Hall–Kier alpha value is -3.42. The first kappa shape index (κ1) is 22.8. The van der Waals surface area contributed by atoms with Crippen molar-refractivity contribution >= 4 is 40.3 Å². The lowest BCUT2D eigenvalue weighted by Crippen LogP contribution is -2.36. The van der Waals surface area contributed by atoms with Crippen LogP contribution < -0.4 is 25.0 Å². The van der Waals surface area contributed by atoms with Gasteiger partial charge in [-0.15, -0.1) is 0 Å². The van der Waals surface area contributed by atoms with Crippen molar-refractivity contribution in [1.29, 1.82) is 0 Å². The highest BCUT2D eigenvalue weighted by Gasteiger charge is 2.14. The van der Waals surface area contributed by atoms with Crippen LogP contribution in [0.4, 0.5) is 22.7 Å². The second kappa shape index (κ2) is 10.5. The number of benzene rings is 3. The molecule has 0 aliphatic carbocycles. The fourth-order valence-electron chi connectivity index (χ4n) is 3.64. The van der Waals surface area contributed by atoms with Gasteiger partial charge in [-0.05, 0) is 54.6 Å². The second-order valence-corrected chi connectivity index (χ2v) is 7.90. The molecule has 1 aliphatic rings. The van der Waals surface area contributed by atoms with Crippen molar-refractivity contribution in [2.24, 2.45) is 0 Å². The molecule has 0 aromatic heterocycles. The molecule has 0 atom stereocenters. The largest absolute Gasteiger partial charge is 0.493 e. The van der Waals surface area contributed by atoms with E-state index >= 15 is 0 Å². The summed E-state index contributed by atoms with van der Waals surface area (Å²) in [6.45, 7) is 3.21. The van der Waals surface area contributed by atoms with E-state index in [9.17, 15) is 4.79 Å². The molecule has 0 radical (unpaired) electrons. The lowest BCUT2D eigenvalue weighted by molar-refractivity contribution is 0.102. The van der Waals surface area contributed by atoms with E-state index in [2.05, 4.69) is 27.7 Å². The lowest BCUT2D eigenvalue weighted by Gasteiger charge is -2.29. The third-order valence-electron chi connectivity index (χ3n) is 5.37. The van der Waals surface area contributed by atoms with Gasteiger partial charge in [-0.25, -0.2) is 0 Å². The second-order valence-electron chi connectivity index (χ2n) is 7.49. The summed E-state index contributed by atoms with van der Waals surface area (Å²) in [4.78, 5) is 15.1. The molecule has 0 unspecified atom stereocenters. The molecule has 1 heterocycles. The van der Waals surface area contributed by atoms with E-state index in [0.717, 1.165) is 43.4 Å². The average molecular weight is 468 g/mol. The molecule has 1 saturated heterocycles. The molecule has 3 aromatic carbocycles. The molecule has 4 rings (SSSR count). The Morgan fingerprint density at radius 3 is 2.45 bits per heavy atom. The van der Waals surface area contributed by atoms with Gasteiger partial charge in [0, 0.05) is 35.7 Å². The molecule has 33 heavy (non-hydrogen) atoms. The topological polar surface area (TPSA) is 72.1 Å². The lowest BCUT2D eigenvalue weighted by atomic mass is 10.1. The minimum Gasteiger partial charge on any atom is -0.493 e. The highest BCUT2D eigenvalue weighted by Crippen LogP contribution is 2.31. The molecular weight excluding hydrogens is 442 g/mol. The third kappa shape index (κ3) is 5.50. The van der Waals surface area contributed by atoms with E-state index in [1.165, 1.54) is 7.11 Å². The van der Waals surface area contributed by atoms with E-state index in [1.807, 2.05) is 24.3 Å². The highest BCUT2D eigenvalue weighted by atomic mass is 35.5. The zero-order valence-electron chi connectivity index (χ0n) is 18.6. The number of hydrogen-bond acceptors (Lipinski definition) is 6. The number of rotatable bonds is 7. The Morgan fingerprint density at radius 2 is 1.70 bits per heavy atom. The van der Waals surface area contributed by atoms with Crippen molar-refractivity contribution in [1.82, 2.24) is 0 Å². The summed E-state index contributed by atoms with van der Waals surface area (Å²) in [7, 11) is 3.08. The van der Waals surface area contributed by atoms with Gasteiger partial charge in [0.15, 0.2) is 11.5 Å². The third-order valence-corrected chi connectivity index (χ3v) is 5.70. The zero-order chi connectivity index (χ0) is 23.2. The predicted molar refractivity (Wildman–Crippen MR) is 132 cm³/mol. The van der Waals surface area contributed by atoms with Gasteiger partial charge >= 0.3 is 0 Å². The van der Waals surface area contributed by atoms with E-state index in [-0.39, 0.29) is 5.91 Å². The molecule has 8 heteroatoms. The molecule has 0 spiro atoms. The number of hydrogen-bond donors (Lipinski definition) is 2. The van der Waals surface area contributed by atoms with E-state index in [0.29, 0.717) is 27.8 Å². The van der Waals surface area contributed by atoms with Crippen LogP contribution in [0.25, 0.3) is 0 Å². The number of nitrogens with zero attached hydrogens (tertiary/aromatic N) is 1. The van der Waals surface area contributed by atoms with Crippen molar-refractivity contribution < 1.29 is 19.0 Å². The van der Waals surface area contributed by atoms with Crippen LogP contribution in [0.1, 0.15) is 10.4 Å². The number of anilines is 4. The number of ether oxygens (including phenoxy) is 3. The van der Waals surface area contributed by atoms with Crippen molar-refractivity contribution in [2.75, 3.05) is 56.1 Å². The number of nitrogens with one attached hydrogen (secondary N) is 2. The predicted octanol–water partition coefficient (Wildman–Crippen LogP) is 5.19. The Kier molecular flexibility index (Phi) is 7.22. The quantitative estimate of drug-likeness (QED) is 0.498. The minimum absolute atomic E-state index is 0.302. The fraction of sp³-hybridized carbons (Fsp3) is 0.240.